The predicted molar refractivity (Wildman–Crippen MR) is 114 cm³/mol. The molecular weight excluding hydrogens is 400 g/mol. The van der Waals surface area contributed by atoms with Crippen LogP contribution >= 0.6 is 11.3 Å². The summed E-state index contributed by atoms with van der Waals surface area (Å²) in [6, 6.07) is 20.6. The molecule has 0 atom stereocenters. The fourth-order valence-corrected chi connectivity index (χ4v) is 3.55. The van der Waals surface area contributed by atoms with Crippen LogP contribution in [0.3, 0.4) is 0 Å². The van der Waals surface area contributed by atoms with Gasteiger partial charge in [0.2, 0.25) is 0 Å². The van der Waals surface area contributed by atoms with Crippen LogP contribution < -0.4 is 10.9 Å². The van der Waals surface area contributed by atoms with E-state index < -0.39 is 11.8 Å². The number of thiophene rings is 1. The van der Waals surface area contributed by atoms with Crippen LogP contribution in [0.2, 0.25) is 0 Å². The fourth-order valence-electron chi connectivity index (χ4n) is 2.64. The van der Waals surface area contributed by atoms with Gasteiger partial charge < -0.3 is 0 Å². The van der Waals surface area contributed by atoms with Crippen LogP contribution in [-0.2, 0) is 4.79 Å². The van der Waals surface area contributed by atoms with Crippen molar-refractivity contribution in [2.24, 2.45) is 0 Å². The SMILES string of the molecule is O=C(/C=C/c1ccc(-c2ccccc2)s1)NNC(=O)c1ccc(-n2cnnn2)cc1. The molecule has 4 rings (SSSR count). The van der Waals surface area contributed by atoms with Gasteiger partial charge in [-0.2, -0.15) is 0 Å². The molecule has 2 N–H and O–H groups in total. The largest absolute Gasteiger partial charge is 0.269 e. The third-order valence-electron chi connectivity index (χ3n) is 4.13. The van der Waals surface area contributed by atoms with Crippen molar-refractivity contribution in [2.75, 3.05) is 0 Å². The molecule has 2 aromatic heterocycles. The average Bonchev–Trinajstić information content (AvgIpc) is 3.49. The smallest absolute Gasteiger partial charge is 0.268 e. The van der Waals surface area contributed by atoms with Crippen LogP contribution in [0.5, 0.6) is 0 Å². The summed E-state index contributed by atoms with van der Waals surface area (Å²) in [6.45, 7) is 0. The van der Waals surface area contributed by atoms with Gasteiger partial charge >= 0.3 is 0 Å². The summed E-state index contributed by atoms with van der Waals surface area (Å²) >= 11 is 1.58. The molecule has 0 bridgehead atoms. The molecule has 2 heterocycles. The van der Waals surface area contributed by atoms with Gasteiger partial charge in [0.1, 0.15) is 6.33 Å². The third kappa shape index (κ3) is 4.65. The Morgan fingerprint density at radius 2 is 1.73 bits per heavy atom. The van der Waals surface area contributed by atoms with E-state index in [9.17, 15) is 9.59 Å². The molecule has 148 valence electrons. The lowest BCUT2D eigenvalue weighted by Crippen LogP contribution is -2.40. The number of hydrazine groups is 1. The summed E-state index contributed by atoms with van der Waals surface area (Å²) in [7, 11) is 0. The lowest BCUT2D eigenvalue weighted by Gasteiger charge is -2.06. The number of hydrogen-bond acceptors (Lipinski definition) is 6. The number of aromatic nitrogens is 4. The normalized spacial score (nSPS) is 10.8. The highest BCUT2D eigenvalue weighted by Crippen LogP contribution is 2.28. The van der Waals surface area contributed by atoms with Crippen molar-refractivity contribution < 1.29 is 9.59 Å². The quantitative estimate of drug-likeness (QED) is 0.385. The van der Waals surface area contributed by atoms with E-state index in [0.29, 0.717) is 11.3 Å². The Morgan fingerprint density at radius 1 is 0.933 bits per heavy atom. The molecule has 0 unspecified atom stereocenters. The van der Waals surface area contributed by atoms with Crippen LogP contribution in [0.25, 0.3) is 22.2 Å². The van der Waals surface area contributed by atoms with Crippen molar-refractivity contribution in [3.8, 4) is 16.1 Å². The standard InChI is InChI=1S/C21H16N6O2S/c28-20(13-11-18-10-12-19(30-18)15-4-2-1-3-5-15)23-24-21(29)16-6-8-17(9-7-16)27-14-22-25-26-27/h1-14H,(H,23,28)(H,24,29)/b13-11+. The molecule has 2 amide bonds. The maximum Gasteiger partial charge on any atom is 0.269 e. The highest BCUT2D eigenvalue weighted by molar-refractivity contribution is 7.16. The first-order valence-electron chi connectivity index (χ1n) is 8.96. The first-order valence-corrected chi connectivity index (χ1v) is 9.78. The Hall–Kier alpha value is -4.11. The third-order valence-corrected chi connectivity index (χ3v) is 5.23. The average molecular weight is 416 g/mol. The molecule has 30 heavy (non-hydrogen) atoms. The molecule has 9 heteroatoms. The molecule has 0 spiro atoms. The van der Waals surface area contributed by atoms with E-state index in [1.165, 1.54) is 17.1 Å². The van der Waals surface area contributed by atoms with E-state index in [1.54, 1.807) is 41.7 Å². The van der Waals surface area contributed by atoms with Gasteiger partial charge in [0.05, 0.1) is 5.69 Å². The summed E-state index contributed by atoms with van der Waals surface area (Å²) in [5.74, 6) is -0.856. The number of carbonyl (C=O) groups excluding carboxylic acids is 2. The minimum Gasteiger partial charge on any atom is -0.268 e. The van der Waals surface area contributed by atoms with Crippen LogP contribution in [0.15, 0.2) is 79.1 Å². The minimum absolute atomic E-state index is 0.391. The van der Waals surface area contributed by atoms with Crippen LogP contribution in [0.4, 0.5) is 0 Å². The Bertz CT molecular complexity index is 1170. The molecule has 0 aliphatic carbocycles. The van der Waals surface area contributed by atoms with E-state index in [2.05, 4.69) is 26.4 Å². The molecule has 0 aliphatic heterocycles. The monoisotopic (exact) mass is 416 g/mol. The number of rotatable bonds is 5. The Morgan fingerprint density at radius 3 is 2.47 bits per heavy atom. The van der Waals surface area contributed by atoms with E-state index in [-0.39, 0.29) is 0 Å². The van der Waals surface area contributed by atoms with Crippen molar-refractivity contribution in [1.82, 2.24) is 31.1 Å². The molecule has 0 saturated carbocycles. The molecule has 0 saturated heterocycles. The number of carbonyl (C=O) groups is 2. The summed E-state index contributed by atoms with van der Waals surface area (Å²) in [4.78, 5) is 26.2. The van der Waals surface area contributed by atoms with Crippen molar-refractivity contribution in [3.05, 3.63) is 89.6 Å². The van der Waals surface area contributed by atoms with Gasteiger partial charge in [-0.25, -0.2) is 4.68 Å². The fraction of sp³-hybridized carbons (Fsp3) is 0. The number of tetrazole rings is 1. The van der Waals surface area contributed by atoms with Crippen LogP contribution in [0.1, 0.15) is 15.2 Å². The van der Waals surface area contributed by atoms with E-state index in [4.69, 9.17) is 0 Å². The number of nitrogens with one attached hydrogen (secondary N) is 2. The topological polar surface area (TPSA) is 102 Å². The second-order valence-electron chi connectivity index (χ2n) is 6.15. The summed E-state index contributed by atoms with van der Waals surface area (Å²) in [5, 5.41) is 10.9. The first-order chi connectivity index (χ1) is 14.7. The van der Waals surface area contributed by atoms with Gasteiger partial charge in [-0.05, 0) is 58.5 Å². The van der Waals surface area contributed by atoms with Crippen molar-refractivity contribution in [1.29, 1.82) is 0 Å². The van der Waals surface area contributed by atoms with Gasteiger partial charge in [-0.15, -0.1) is 16.4 Å². The van der Waals surface area contributed by atoms with Crippen molar-refractivity contribution >= 4 is 29.2 Å². The predicted octanol–water partition coefficient (Wildman–Crippen LogP) is 2.87. The van der Waals surface area contributed by atoms with Crippen LogP contribution in [0, 0.1) is 0 Å². The lowest BCUT2D eigenvalue weighted by atomic mass is 10.2. The van der Waals surface area contributed by atoms with E-state index in [1.807, 2.05) is 42.5 Å². The van der Waals surface area contributed by atoms with Gasteiger partial charge in [0.25, 0.3) is 11.8 Å². The number of nitrogens with zero attached hydrogens (tertiary/aromatic N) is 4. The van der Waals surface area contributed by atoms with Crippen molar-refractivity contribution in [3.63, 3.8) is 0 Å². The minimum atomic E-state index is -0.428. The summed E-state index contributed by atoms with van der Waals surface area (Å²) in [5.41, 5.74) is 7.00. The van der Waals surface area contributed by atoms with E-state index in [0.717, 1.165) is 15.3 Å². The zero-order valence-electron chi connectivity index (χ0n) is 15.6. The number of hydrogen-bond donors (Lipinski definition) is 2. The zero-order chi connectivity index (χ0) is 20.8. The Kier molecular flexibility index (Phi) is 5.72. The number of benzene rings is 2. The second-order valence-corrected chi connectivity index (χ2v) is 7.26. The van der Waals surface area contributed by atoms with Gasteiger partial charge in [-0.1, -0.05) is 30.3 Å². The first kappa shape index (κ1) is 19.2. The summed E-state index contributed by atoms with van der Waals surface area (Å²) < 4.78 is 1.47. The molecule has 0 radical (unpaired) electrons. The molecule has 8 nitrogen and oxygen atoms in total. The highest BCUT2D eigenvalue weighted by Gasteiger charge is 2.07. The van der Waals surface area contributed by atoms with Crippen LogP contribution in [-0.4, -0.2) is 32.0 Å². The molecular formula is C21H16N6O2S. The molecule has 4 aromatic rings. The summed E-state index contributed by atoms with van der Waals surface area (Å²) in [6.07, 6.45) is 4.54. The maximum atomic E-state index is 12.2. The molecule has 2 aromatic carbocycles. The van der Waals surface area contributed by atoms with Crippen molar-refractivity contribution in [2.45, 2.75) is 0 Å². The molecule has 0 aliphatic rings. The van der Waals surface area contributed by atoms with Gasteiger partial charge in [0.15, 0.2) is 0 Å². The van der Waals surface area contributed by atoms with E-state index >= 15 is 0 Å². The second kappa shape index (κ2) is 8.93. The maximum absolute atomic E-state index is 12.2. The van der Waals surface area contributed by atoms with Gasteiger partial charge in [-0.3, -0.25) is 20.4 Å². The lowest BCUT2D eigenvalue weighted by molar-refractivity contribution is -0.117. The number of amides is 2. The molecule has 0 fully saturated rings. The Balaban J connectivity index is 1.30. The Labute approximate surface area is 175 Å². The van der Waals surface area contributed by atoms with Gasteiger partial charge in [0, 0.05) is 21.4 Å². The highest BCUT2D eigenvalue weighted by atomic mass is 32.1. The zero-order valence-corrected chi connectivity index (χ0v) is 16.4.